The molecule has 0 aromatic carbocycles. The van der Waals surface area contributed by atoms with Crippen molar-refractivity contribution >= 4 is 12.4 Å². The molecule has 0 aliphatic heterocycles. The van der Waals surface area contributed by atoms with Gasteiger partial charge >= 0.3 is 5.97 Å². The minimum Gasteiger partial charge on any atom is -0.478 e. The van der Waals surface area contributed by atoms with E-state index < -0.39 is 18.2 Å². The minimum atomic E-state index is -1.46. The maximum Gasteiger partial charge on any atom is 0.347 e. The SMILES string of the molecule is CC(O)C(OC=O)C(=O)O. The van der Waals surface area contributed by atoms with Crippen LogP contribution in [0.4, 0.5) is 0 Å². The van der Waals surface area contributed by atoms with Gasteiger partial charge < -0.3 is 14.9 Å². The molecule has 0 saturated carbocycles. The lowest BCUT2D eigenvalue weighted by Gasteiger charge is -2.11. The van der Waals surface area contributed by atoms with Gasteiger partial charge in [-0.15, -0.1) is 0 Å². The summed E-state index contributed by atoms with van der Waals surface area (Å²) >= 11 is 0. The molecule has 5 heteroatoms. The fourth-order valence-corrected chi connectivity index (χ4v) is 0.438. The number of hydrogen-bond acceptors (Lipinski definition) is 4. The first-order valence-electron chi connectivity index (χ1n) is 2.59. The Labute approximate surface area is 57.2 Å². The molecule has 2 atom stereocenters. The highest BCUT2D eigenvalue weighted by Gasteiger charge is 2.23. The van der Waals surface area contributed by atoms with E-state index in [-0.39, 0.29) is 6.47 Å². The normalized spacial score (nSPS) is 15.4. The third kappa shape index (κ3) is 2.45. The monoisotopic (exact) mass is 148 g/mol. The van der Waals surface area contributed by atoms with Gasteiger partial charge in [-0.1, -0.05) is 0 Å². The first-order valence-corrected chi connectivity index (χ1v) is 2.59. The second-order valence-corrected chi connectivity index (χ2v) is 1.73. The Hall–Kier alpha value is -1.10. The molecular formula is C5H8O5. The standard InChI is InChI=1S/C5H8O5/c1-3(7)4(5(8)9)10-2-6/h2-4,7H,1H3,(H,8,9). The molecule has 0 amide bonds. The first-order chi connectivity index (χ1) is 4.59. The van der Waals surface area contributed by atoms with Crippen molar-refractivity contribution in [1.82, 2.24) is 0 Å². The van der Waals surface area contributed by atoms with Gasteiger partial charge in [0.15, 0.2) is 0 Å². The van der Waals surface area contributed by atoms with E-state index in [2.05, 4.69) is 4.74 Å². The lowest BCUT2D eigenvalue weighted by atomic mass is 10.2. The molecule has 0 saturated heterocycles. The Bertz CT molecular complexity index is 130. The molecule has 0 rings (SSSR count). The van der Waals surface area contributed by atoms with Crippen molar-refractivity contribution in [2.75, 3.05) is 0 Å². The highest BCUT2D eigenvalue weighted by atomic mass is 16.6. The van der Waals surface area contributed by atoms with Crippen molar-refractivity contribution in [2.45, 2.75) is 19.1 Å². The lowest BCUT2D eigenvalue weighted by molar-refractivity contribution is -0.163. The van der Waals surface area contributed by atoms with Gasteiger partial charge in [-0.2, -0.15) is 0 Å². The van der Waals surface area contributed by atoms with E-state index in [4.69, 9.17) is 10.2 Å². The number of aliphatic hydroxyl groups is 1. The first kappa shape index (κ1) is 8.90. The van der Waals surface area contributed by atoms with Gasteiger partial charge in [0.25, 0.3) is 6.47 Å². The van der Waals surface area contributed by atoms with Crippen molar-refractivity contribution in [1.29, 1.82) is 0 Å². The molecule has 0 aromatic heterocycles. The molecule has 0 aliphatic carbocycles. The minimum absolute atomic E-state index is 0.00843. The summed E-state index contributed by atoms with van der Waals surface area (Å²) in [4.78, 5) is 19.7. The Kier molecular flexibility index (Phi) is 3.42. The molecule has 10 heavy (non-hydrogen) atoms. The summed E-state index contributed by atoms with van der Waals surface area (Å²) in [5.41, 5.74) is 0. The second kappa shape index (κ2) is 3.84. The van der Waals surface area contributed by atoms with E-state index in [0.717, 1.165) is 0 Å². The molecule has 0 aromatic rings. The fraction of sp³-hybridized carbons (Fsp3) is 0.600. The number of hydrogen-bond donors (Lipinski definition) is 2. The lowest BCUT2D eigenvalue weighted by Crippen LogP contribution is -2.34. The summed E-state index contributed by atoms with van der Waals surface area (Å²) in [5.74, 6) is -1.36. The van der Waals surface area contributed by atoms with Gasteiger partial charge in [-0.3, -0.25) is 4.79 Å². The number of aliphatic hydroxyl groups excluding tert-OH is 1. The number of carboxylic acid groups (broad SMARTS) is 1. The van der Waals surface area contributed by atoms with Gasteiger partial charge in [0.2, 0.25) is 6.10 Å². The Morgan fingerprint density at radius 2 is 2.20 bits per heavy atom. The Morgan fingerprint density at radius 3 is 2.30 bits per heavy atom. The Morgan fingerprint density at radius 1 is 1.70 bits per heavy atom. The van der Waals surface area contributed by atoms with Crippen molar-refractivity contribution < 1.29 is 24.5 Å². The summed E-state index contributed by atoms with van der Waals surface area (Å²) in [5, 5.41) is 16.9. The van der Waals surface area contributed by atoms with Crippen LogP contribution in [-0.4, -0.2) is 34.9 Å². The van der Waals surface area contributed by atoms with E-state index in [9.17, 15) is 9.59 Å². The van der Waals surface area contributed by atoms with Crippen LogP contribution < -0.4 is 0 Å². The quantitative estimate of drug-likeness (QED) is 0.499. The molecule has 0 radical (unpaired) electrons. The van der Waals surface area contributed by atoms with Crippen LogP contribution in [-0.2, 0) is 14.3 Å². The highest BCUT2D eigenvalue weighted by molar-refractivity contribution is 5.74. The molecular weight excluding hydrogens is 140 g/mol. The number of carbonyl (C=O) groups excluding carboxylic acids is 1. The predicted octanol–water partition coefficient (Wildman–Crippen LogP) is -1.01. The van der Waals surface area contributed by atoms with Crippen molar-refractivity contribution in [3.63, 3.8) is 0 Å². The van der Waals surface area contributed by atoms with Gasteiger partial charge in [-0.25, -0.2) is 4.79 Å². The van der Waals surface area contributed by atoms with Crippen LogP contribution >= 0.6 is 0 Å². The van der Waals surface area contributed by atoms with E-state index >= 15 is 0 Å². The number of rotatable bonds is 4. The number of aliphatic carboxylic acids is 1. The van der Waals surface area contributed by atoms with Crippen LogP contribution in [0.25, 0.3) is 0 Å². The van der Waals surface area contributed by atoms with Gasteiger partial charge in [-0.05, 0) is 6.92 Å². The van der Waals surface area contributed by atoms with Gasteiger partial charge in [0.05, 0.1) is 6.10 Å². The van der Waals surface area contributed by atoms with Crippen molar-refractivity contribution in [3.8, 4) is 0 Å². The third-order valence-electron chi connectivity index (χ3n) is 0.884. The zero-order chi connectivity index (χ0) is 8.15. The van der Waals surface area contributed by atoms with E-state index in [0.29, 0.717) is 0 Å². The number of carbonyl (C=O) groups is 2. The summed E-state index contributed by atoms with van der Waals surface area (Å²) in [6.07, 6.45) is -2.65. The van der Waals surface area contributed by atoms with Crippen molar-refractivity contribution in [3.05, 3.63) is 0 Å². The van der Waals surface area contributed by atoms with Crippen LogP contribution in [0.15, 0.2) is 0 Å². The third-order valence-corrected chi connectivity index (χ3v) is 0.884. The molecule has 0 heterocycles. The zero-order valence-corrected chi connectivity index (χ0v) is 5.35. The van der Waals surface area contributed by atoms with E-state index in [1.165, 1.54) is 6.92 Å². The van der Waals surface area contributed by atoms with Crippen LogP contribution in [0.3, 0.4) is 0 Å². The number of carboxylic acids is 1. The average Bonchev–Trinajstić information content (AvgIpc) is 1.81. The maximum absolute atomic E-state index is 10.1. The molecule has 0 bridgehead atoms. The van der Waals surface area contributed by atoms with Crippen LogP contribution in [0.2, 0.25) is 0 Å². The van der Waals surface area contributed by atoms with Gasteiger partial charge in [0.1, 0.15) is 0 Å². The molecule has 0 aliphatic rings. The molecule has 58 valence electrons. The molecule has 2 N–H and O–H groups in total. The second-order valence-electron chi connectivity index (χ2n) is 1.73. The summed E-state index contributed by atoms with van der Waals surface area (Å²) < 4.78 is 4.03. The summed E-state index contributed by atoms with van der Waals surface area (Å²) in [6.45, 7) is 1.22. The van der Waals surface area contributed by atoms with Gasteiger partial charge in [0, 0.05) is 0 Å². The molecule has 5 nitrogen and oxygen atoms in total. The molecule has 2 unspecified atom stereocenters. The van der Waals surface area contributed by atoms with Crippen molar-refractivity contribution in [2.24, 2.45) is 0 Å². The van der Waals surface area contributed by atoms with Crippen LogP contribution in [0.5, 0.6) is 0 Å². The predicted molar refractivity (Wildman–Crippen MR) is 30.3 cm³/mol. The summed E-state index contributed by atoms with van der Waals surface area (Å²) in [6, 6.07) is 0. The molecule has 0 fully saturated rings. The fourth-order valence-electron chi connectivity index (χ4n) is 0.438. The smallest absolute Gasteiger partial charge is 0.347 e. The van der Waals surface area contributed by atoms with E-state index in [1.54, 1.807) is 0 Å². The van der Waals surface area contributed by atoms with E-state index in [1.807, 2.05) is 0 Å². The largest absolute Gasteiger partial charge is 0.478 e. The molecule has 0 spiro atoms. The topological polar surface area (TPSA) is 83.8 Å². The van der Waals surface area contributed by atoms with Crippen LogP contribution in [0, 0.1) is 0 Å². The average molecular weight is 148 g/mol. The van der Waals surface area contributed by atoms with Crippen LogP contribution in [0.1, 0.15) is 6.92 Å². The maximum atomic E-state index is 10.1. The Balaban J connectivity index is 3.97. The number of ether oxygens (including phenoxy) is 1. The highest BCUT2D eigenvalue weighted by Crippen LogP contribution is 1.96. The summed E-state index contributed by atoms with van der Waals surface area (Å²) in [7, 11) is 0. The zero-order valence-electron chi connectivity index (χ0n) is 5.35.